The first-order chi connectivity index (χ1) is 9.10. The summed E-state index contributed by atoms with van der Waals surface area (Å²) in [4.78, 5) is 11.9. The minimum Gasteiger partial charge on any atom is -0.381 e. The fraction of sp³-hybridized carbons (Fsp3) is 0.667. The number of hydrogen-bond acceptors (Lipinski definition) is 4. The van der Waals surface area contributed by atoms with Gasteiger partial charge >= 0.3 is 0 Å². The van der Waals surface area contributed by atoms with Gasteiger partial charge in [-0.3, -0.25) is 9.00 Å². The van der Waals surface area contributed by atoms with Gasteiger partial charge in [0.05, 0.1) is 11.9 Å². The molecule has 1 rings (SSSR count). The summed E-state index contributed by atoms with van der Waals surface area (Å²) >= 11 is 6.01. The van der Waals surface area contributed by atoms with Crippen molar-refractivity contribution in [2.45, 2.75) is 33.2 Å². The van der Waals surface area contributed by atoms with Crippen molar-refractivity contribution in [1.29, 1.82) is 0 Å². The molecule has 0 bridgehead atoms. The van der Waals surface area contributed by atoms with Crippen LogP contribution in [0.15, 0.2) is 11.0 Å². The molecule has 1 aromatic rings. The van der Waals surface area contributed by atoms with Crippen molar-refractivity contribution in [3.63, 3.8) is 0 Å². The molecule has 1 atom stereocenters. The Morgan fingerprint density at radius 2 is 2.21 bits per heavy atom. The Labute approximate surface area is 120 Å². The molecule has 0 saturated heterocycles. The zero-order chi connectivity index (χ0) is 14.3. The molecule has 7 heteroatoms. The summed E-state index contributed by atoms with van der Waals surface area (Å²) in [6, 6.07) is 0. The van der Waals surface area contributed by atoms with Gasteiger partial charge in [0.1, 0.15) is 5.02 Å². The SMILES string of the molecule is CCCCn1ncc(NCCS(=O)CC)c(Cl)c1=O. The molecule has 0 fully saturated rings. The molecule has 1 aromatic heterocycles. The second-order valence-corrected chi connectivity index (χ2v) is 6.36. The number of nitrogens with one attached hydrogen (secondary N) is 1. The fourth-order valence-corrected chi connectivity index (χ4v) is 2.33. The Morgan fingerprint density at radius 1 is 1.47 bits per heavy atom. The third-order valence-corrected chi connectivity index (χ3v) is 4.34. The van der Waals surface area contributed by atoms with Crippen LogP contribution in [-0.4, -0.2) is 32.0 Å². The average Bonchev–Trinajstić information content (AvgIpc) is 2.42. The van der Waals surface area contributed by atoms with Crippen molar-refractivity contribution in [3.05, 3.63) is 21.6 Å². The van der Waals surface area contributed by atoms with E-state index in [2.05, 4.69) is 17.3 Å². The van der Waals surface area contributed by atoms with Gasteiger partial charge < -0.3 is 5.32 Å². The van der Waals surface area contributed by atoms with E-state index in [1.165, 1.54) is 4.68 Å². The molecule has 0 aliphatic carbocycles. The Hall–Kier alpha value is -0.880. The highest BCUT2D eigenvalue weighted by atomic mass is 35.5. The van der Waals surface area contributed by atoms with E-state index in [1.54, 1.807) is 6.20 Å². The Kier molecular flexibility index (Phi) is 7.09. The van der Waals surface area contributed by atoms with Crippen molar-refractivity contribution < 1.29 is 4.21 Å². The van der Waals surface area contributed by atoms with Crippen LogP contribution in [0.1, 0.15) is 26.7 Å². The van der Waals surface area contributed by atoms with E-state index in [4.69, 9.17) is 11.6 Å². The molecule has 5 nitrogen and oxygen atoms in total. The number of unbranched alkanes of at least 4 members (excludes halogenated alkanes) is 1. The van der Waals surface area contributed by atoms with E-state index in [-0.39, 0.29) is 10.6 Å². The molecule has 0 aromatic carbocycles. The van der Waals surface area contributed by atoms with Gasteiger partial charge in [0.15, 0.2) is 0 Å². The lowest BCUT2D eigenvalue weighted by Crippen LogP contribution is -2.25. The Morgan fingerprint density at radius 3 is 2.84 bits per heavy atom. The summed E-state index contributed by atoms with van der Waals surface area (Å²) in [7, 11) is -0.831. The number of aromatic nitrogens is 2. The number of hydrogen-bond donors (Lipinski definition) is 1. The first-order valence-electron chi connectivity index (χ1n) is 6.44. The van der Waals surface area contributed by atoms with Crippen LogP contribution < -0.4 is 10.9 Å². The van der Waals surface area contributed by atoms with E-state index in [9.17, 15) is 9.00 Å². The number of nitrogens with zero attached hydrogens (tertiary/aromatic N) is 2. The van der Waals surface area contributed by atoms with Crippen LogP contribution in [0.2, 0.25) is 5.02 Å². The van der Waals surface area contributed by atoms with Crippen LogP contribution in [-0.2, 0) is 17.3 Å². The van der Waals surface area contributed by atoms with Crippen LogP contribution in [0.5, 0.6) is 0 Å². The lowest BCUT2D eigenvalue weighted by molar-refractivity contribution is 0.543. The first-order valence-corrected chi connectivity index (χ1v) is 8.31. The molecule has 0 saturated carbocycles. The van der Waals surface area contributed by atoms with Gasteiger partial charge in [-0.15, -0.1) is 0 Å². The van der Waals surface area contributed by atoms with E-state index in [0.717, 1.165) is 12.8 Å². The number of anilines is 1. The van der Waals surface area contributed by atoms with E-state index in [0.29, 0.717) is 30.3 Å². The second kappa shape index (κ2) is 8.32. The third-order valence-electron chi connectivity index (χ3n) is 2.68. The summed E-state index contributed by atoms with van der Waals surface area (Å²) in [5.74, 6) is 1.16. The molecule has 0 spiro atoms. The molecule has 108 valence electrons. The maximum Gasteiger partial charge on any atom is 0.287 e. The zero-order valence-corrected chi connectivity index (χ0v) is 12.9. The van der Waals surface area contributed by atoms with Crippen molar-refractivity contribution in [3.8, 4) is 0 Å². The van der Waals surface area contributed by atoms with Crippen LogP contribution in [0, 0.1) is 0 Å². The monoisotopic (exact) mass is 305 g/mol. The van der Waals surface area contributed by atoms with Crippen LogP contribution in [0.3, 0.4) is 0 Å². The highest BCUT2D eigenvalue weighted by Crippen LogP contribution is 2.14. The van der Waals surface area contributed by atoms with Crippen molar-refractivity contribution in [2.24, 2.45) is 0 Å². The van der Waals surface area contributed by atoms with Crippen molar-refractivity contribution in [1.82, 2.24) is 9.78 Å². The molecule has 1 N–H and O–H groups in total. The van der Waals surface area contributed by atoms with Gasteiger partial charge in [-0.1, -0.05) is 31.9 Å². The normalized spacial score (nSPS) is 12.4. The van der Waals surface area contributed by atoms with E-state index < -0.39 is 10.8 Å². The highest BCUT2D eigenvalue weighted by Gasteiger charge is 2.08. The summed E-state index contributed by atoms with van der Waals surface area (Å²) in [5, 5.41) is 7.22. The summed E-state index contributed by atoms with van der Waals surface area (Å²) in [6.45, 7) is 5.02. The predicted octanol–water partition coefficient (Wildman–Crippen LogP) is 1.88. The summed E-state index contributed by atoms with van der Waals surface area (Å²) in [5.41, 5.74) is 0.226. The zero-order valence-electron chi connectivity index (χ0n) is 11.3. The molecular weight excluding hydrogens is 286 g/mol. The molecule has 0 amide bonds. The molecule has 0 radical (unpaired) electrons. The molecule has 0 aliphatic rings. The quantitative estimate of drug-likeness (QED) is 0.796. The summed E-state index contributed by atoms with van der Waals surface area (Å²) in [6.07, 6.45) is 3.44. The predicted molar refractivity (Wildman–Crippen MR) is 80.5 cm³/mol. The Balaban J connectivity index is 2.68. The maximum atomic E-state index is 11.9. The summed E-state index contributed by atoms with van der Waals surface area (Å²) < 4.78 is 12.7. The van der Waals surface area contributed by atoms with Crippen molar-refractivity contribution in [2.75, 3.05) is 23.4 Å². The average molecular weight is 306 g/mol. The first kappa shape index (κ1) is 16.2. The minimum atomic E-state index is -0.831. The number of halogens is 1. The van der Waals surface area contributed by atoms with Gasteiger partial charge in [-0.25, -0.2) is 4.68 Å². The van der Waals surface area contributed by atoms with Crippen molar-refractivity contribution >= 4 is 28.1 Å². The highest BCUT2D eigenvalue weighted by molar-refractivity contribution is 7.84. The smallest absolute Gasteiger partial charge is 0.287 e. The Bertz CT molecular complexity index is 490. The lowest BCUT2D eigenvalue weighted by Gasteiger charge is -2.09. The lowest BCUT2D eigenvalue weighted by atomic mass is 10.3. The van der Waals surface area contributed by atoms with E-state index >= 15 is 0 Å². The fourth-order valence-electron chi connectivity index (χ4n) is 1.50. The van der Waals surface area contributed by atoms with Crippen LogP contribution >= 0.6 is 11.6 Å². The standard InChI is InChI=1S/C12H20ClN3O2S/c1-3-5-7-16-12(17)11(13)10(9-15-16)14-6-8-19(18)4-2/h9,14H,3-8H2,1-2H3. The molecule has 0 aliphatic heterocycles. The van der Waals surface area contributed by atoms with Gasteiger partial charge in [-0.2, -0.15) is 5.10 Å². The molecule has 1 unspecified atom stereocenters. The molecular formula is C12H20ClN3O2S. The van der Waals surface area contributed by atoms with E-state index in [1.807, 2.05) is 6.92 Å². The topological polar surface area (TPSA) is 64.0 Å². The van der Waals surface area contributed by atoms with Crippen LogP contribution in [0.25, 0.3) is 0 Å². The molecule has 1 heterocycles. The van der Waals surface area contributed by atoms with Gasteiger partial charge in [0.2, 0.25) is 0 Å². The second-order valence-electron chi connectivity index (χ2n) is 4.11. The van der Waals surface area contributed by atoms with Crippen LogP contribution in [0.4, 0.5) is 5.69 Å². The van der Waals surface area contributed by atoms with Gasteiger partial charge in [0.25, 0.3) is 5.56 Å². The minimum absolute atomic E-state index is 0.147. The third kappa shape index (κ3) is 4.95. The number of rotatable bonds is 8. The molecule has 19 heavy (non-hydrogen) atoms. The maximum absolute atomic E-state index is 11.9. The van der Waals surface area contributed by atoms with Gasteiger partial charge in [-0.05, 0) is 6.42 Å². The largest absolute Gasteiger partial charge is 0.381 e. The van der Waals surface area contributed by atoms with Gasteiger partial charge in [0, 0.05) is 35.4 Å². The number of aryl methyl sites for hydroxylation is 1.